The lowest BCUT2D eigenvalue weighted by Crippen LogP contribution is -2.16. The van der Waals surface area contributed by atoms with E-state index < -0.39 is 0 Å². The molecule has 0 unspecified atom stereocenters. The number of hydrogen-bond acceptors (Lipinski definition) is 3. The molecule has 0 aliphatic heterocycles. The molecule has 1 aromatic carbocycles. The SMILES string of the molecule is CC(=O)c1c(C)[nH]c(C(=O)CNc2cc(Cl)ccc2C)c1C. The van der Waals surface area contributed by atoms with Gasteiger partial charge in [0.1, 0.15) is 0 Å². The normalized spacial score (nSPS) is 10.6. The molecule has 1 heterocycles. The van der Waals surface area contributed by atoms with Crippen molar-refractivity contribution >= 4 is 28.9 Å². The van der Waals surface area contributed by atoms with Crippen LogP contribution >= 0.6 is 11.6 Å². The largest absolute Gasteiger partial charge is 0.377 e. The zero-order valence-electron chi connectivity index (χ0n) is 13.1. The van der Waals surface area contributed by atoms with Crippen molar-refractivity contribution in [3.63, 3.8) is 0 Å². The van der Waals surface area contributed by atoms with Gasteiger partial charge in [-0.3, -0.25) is 9.59 Å². The van der Waals surface area contributed by atoms with E-state index >= 15 is 0 Å². The van der Waals surface area contributed by atoms with Crippen molar-refractivity contribution in [1.82, 2.24) is 4.98 Å². The third kappa shape index (κ3) is 3.22. The van der Waals surface area contributed by atoms with Crippen molar-refractivity contribution in [2.45, 2.75) is 27.7 Å². The van der Waals surface area contributed by atoms with Crippen molar-refractivity contribution in [2.24, 2.45) is 0 Å². The number of carbonyl (C=O) groups is 2. The van der Waals surface area contributed by atoms with Crippen LogP contribution in [-0.4, -0.2) is 23.1 Å². The van der Waals surface area contributed by atoms with E-state index in [1.807, 2.05) is 19.1 Å². The Labute approximate surface area is 134 Å². The Morgan fingerprint density at radius 2 is 1.91 bits per heavy atom. The Kier molecular flexibility index (Phi) is 4.71. The minimum absolute atomic E-state index is 0.0380. The molecule has 0 bridgehead atoms. The second-order valence-corrected chi connectivity index (χ2v) is 5.85. The van der Waals surface area contributed by atoms with Gasteiger partial charge in [0.2, 0.25) is 0 Å². The molecule has 0 amide bonds. The molecule has 0 radical (unpaired) electrons. The number of halogens is 1. The summed E-state index contributed by atoms with van der Waals surface area (Å²) in [6.07, 6.45) is 0. The number of Topliss-reactive ketones (excluding diaryl/α,β-unsaturated/α-hetero) is 2. The van der Waals surface area contributed by atoms with Crippen LogP contribution in [0, 0.1) is 20.8 Å². The highest BCUT2D eigenvalue weighted by molar-refractivity contribution is 6.30. The van der Waals surface area contributed by atoms with Gasteiger partial charge in [0.15, 0.2) is 11.6 Å². The highest BCUT2D eigenvalue weighted by atomic mass is 35.5. The number of rotatable bonds is 5. The number of nitrogens with one attached hydrogen (secondary N) is 2. The van der Waals surface area contributed by atoms with Crippen LogP contribution in [0.5, 0.6) is 0 Å². The molecule has 2 aromatic rings. The third-order valence-corrected chi connectivity index (χ3v) is 3.94. The summed E-state index contributed by atoms with van der Waals surface area (Å²) in [5, 5.41) is 3.72. The van der Waals surface area contributed by atoms with Gasteiger partial charge in [-0.2, -0.15) is 0 Å². The van der Waals surface area contributed by atoms with Gasteiger partial charge in [-0.25, -0.2) is 0 Å². The lowest BCUT2D eigenvalue weighted by Gasteiger charge is -2.09. The highest BCUT2D eigenvalue weighted by Crippen LogP contribution is 2.21. The fourth-order valence-corrected chi connectivity index (χ4v) is 2.78. The number of benzene rings is 1. The fraction of sp³-hybridized carbons (Fsp3) is 0.294. The maximum Gasteiger partial charge on any atom is 0.198 e. The molecule has 2 rings (SSSR count). The first-order valence-corrected chi connectivity index (χ1v) is 7.42. The molecule has 2 N–H and O–H groups in total. The lowest BCUT2D eigenvalue weighted by atomic mass is 10.1. The lowest BCUT2D eigenvalue weighted by molar-refractivity contribution is 0.1000. The number of ketones is 2. The Balaban J connectivity index is 2.18. The summed E-state index contributed by atoms with van der Waals surface area (Å²) >= 11 is 5.96. The Hall–Kier alpha value is -2.07. The number of H-pyrrole nitrogens is 1. The zero-order valence-corrected chi connectivity index (χ0v) is 13.9. The first-order chi connectivity index (χ1) is 10.3. The predicted octanol–water partition coefficient (Wildman–Crippen LogP) is 4.09. The molecule has 22 heavy (non-hydrogen) atoms. The molecular formula is C17H19ClN2O2. The van der Waals surface area contributed by atoms with Crippen LogP contribution in [-0.2, 0) is 0 Å². The predicted molar refractivity (Wildman–Crippen MR) is 89.3 cm³/mol. The van der Waals surface area contributed by atoms with Crippen LogP contribution in [0.25, 0.3) is 0 Å². The Morgan fingerprint density at radius 1 is 1.23 bits per heavy atom. The molecule has 0 atom stereocenters. The molecule has 4 nitrogen and oxygen atoms in total. The summed E-state index contributed by atoms with van der Waals surface area (Å²) in [4.78, 5) is 27.0. The van der Waals surface area contributed by atoms with Crippen LogP contribution in [0.4, 0.5) is 5.69 Å². The van der Waals surface area contributed by atoms with Gasteiger partial charge < -0.3 is 10.3 Å². The molecule has 0 fully saturated rings. The van der Waals surface area contributed by atoms with Gasteiger partial charge in [-0.1, -0.05) is 17.7 Å². The molecule has 1 aromatic heterocycles. The Morgan fingerprint density at radius 3 is 2.50 bits per heavy atom. The van der Waals surface area contributed by atoms with Gasteiger partial charge >= 0.3 is 0 Å². The summed E-state index contributed by atoms with van der Waals surface area (Å²) in [6, 6.07) is 5.49. The Bertz CT molecular complexity index is 747. The van der Waals surface area contributed by atoms with Gasteiger partial charge in [-0.15, -0.1) is 0 Å². The first kappa shape index (κ1) is 16.3. The van der Waals surface area contributed by atoms with Crippen LogP contribution in [0.2, 0.25) is 5.02 Å². The monoisotopic (exact) mass is 318 g/mol. The molecule has 0 saturated heterocycles. The minimum atomic E-state index is -0.0903. The number of hydrogen-bond donors (Lipinski definition) is 2. The maximum atomic E-state index is 12.4. The van der Waals surface area contributed by atoms with E-state index in [1.54, 1.807) is 19.9 Å². The molecular weight excluding hydrogens is 300 g/mol. The maximum absolute atomic E-state index is 12.4. The van der Waals surface area contributed by atoms with Crippen molar-refractivity contribution in [2.75, 3.05) is 11.9 Å². The molecule has 0 saturated carbocycles. The van der Waals surface area contributed by atoms with E-state index in [-0.39, 0.29) is 18.1 Å². The summed E-state index contributed by atoms with van der Waals surface area (Å²) in [5.41, 5.74) is 4.36. The second-order valence-electron chi connectivity index (χ2n) is 5.42. The molecule has 0 spiro atoms. The minimum Gasteiger partial charge on any atom is -0.377 e. The fourth-order valence-electron chi connectivity index (χ4n) is 2.61. The van der Waals surface area contributed by atoms with Crippen LogP contribution in [0.3, 0.4) is 0 Å². The van der Waals surface area contributed by atoms with Gasteiger partial charge in [0.05, 0.1) is 12.2 Å². The highest BCUT2D eigenvalue weighted by Gasteiger charge is 2.19. The molecule has 116 valence electrons. The summed E-state index contributed by atoms with van der Waals surface area (Å²) in [7, 11) is 0. The number of aromatic nitrogens is 1. The van der Waals surface area contributed by atoms with Crippen LogP contribution < -0.4 is 5.32 Å². The van der Waals surface area contributed by atoms with Crippen molar-refractivity contribution in [3.05, 3.63) is 51.3 Å². The first-order valence-electron chi connectivity index (χ1n) is 7.04. The standard InChI is InChI=1S/C17H19ClN2O2/c1-9-5-6-13(18)7-14(9)19-8-15(22)17-10(2)16(12(4)21)11(3)20-17/h5-7,19-20H,8H2,1-4H3. The average Bonchev–Trinajstić information content (AvgIpc) is 2.74. The number of anilines is 1. The molecule has 5 heteroatoms. The quantitative estimate of drug-likeness (QED) is 0.816. The molecule has 0 aliphatic rings. The van der Waals surface area contributed by atoms with Crippen molar-refractivity contribution in [3.8, 4) is 0 Å². The average molecular weight is 319 g/mol. The van der Waals surface area contributed by atoms with Crippen molar-refractivity contribution < 1.29 is 9.59 Å². The second kappa shape index (κ2) is 6.36. The summed E-state index contributed by atoms with van der Waals surface area (Å²) in [5.74, 6) is -0.128. The topological polar surface area (TPSA) is 62.0 Å². The number of aryl methyl sites for hydroxylation is 2. The smallest absolute Gasteiger partial charge is 0.198 e. The van der Waals surface area contributed by atoms with E-state index in [1.165, 1.54) is 6.92 Å². The molecule has 0 aliphatic carbocycles. The van der Waals surface area contributed by atoms with E-state index in [0.717, 1.165) is 16.9 Å². The van der Waals surface area contributed by atoms with Crippen molar-refractivity contribution in [1.29, 1.82) is 0 Å². The van der Waals surface area contributed by atoms with Crippen LogP contribution in [0.15, 0.2) is 18.2 Å². The van der Waals surface area contributed by atoms with E-state index in [4.69, 9.17) is 11.6 Å². The van der Waals surface area contributed by atoms with Gasteiger partial charge in [-0.05, 0) is 51.0 Å². The summed E-state index contributed by atoms with van der Waals surface area (Å²) in [6.45, 7) is 7.18. The zero-order chi connectivity index (χ0) is 16.4. The van der Waals surface area contributed by atoms with Crippen LogP contribution in [0.1, 0.15) is 44.6 Å². The van der Waals surface area contributed by atoms with Gasteiger partial charge in [0.25, 0.3) is 0 Å². The third-order valence-electron chi connectivity index (χ3n) is 3.71. The van der Waals surface area contributed by atoms with E-state index in [0.29, 0.717) is 21.8 Å². The summed E-state index contributed by atoms with van der Waals surface area (Å²) < 4.78 is 0. The number of aromatic amines is 1. The van der Waals surface area contributed by atoms with Gasteiger partial charge in [0, 0.05) is 22.0 Å². The van der Waals surface area contributed by atoms with E-state index in [9.17, 15) is 9.59 Å². The van der Waals surface area contributed by atoms with E-state index in [2.05, 4.69) is 10.3 Å². The number of carbonyl (C=O) groups excluding carboxylic acids is 2.